The van der Waals surface area contributed by atoms with Crippen LogP contribution in [0, 0.1) is 0 Å². The molecule has 0 radical (unpaired) electrons. The lowest BCUT2D eigenvalue weighted by molar-refractivity contribution is -0.116. The van der Waals surface area contributed by atoms with Gasteiger partial charge in [-0.1, -0.05) is 13.8 Å². The molecule has 1 aliphatic rings. The van der Waals surface area contributed by atoms with Crippen molar-refractivity contribution in [2.45, 2.75) is 33.1 Å². The van der Waals surface area contributed by atoms with Gasteiger partial charge in [0.25, 0.3) is 5.91 Å². The largest absolute Gasteiger partial charge is 0.409 e. The highest BCUT2D eigenvalue weighted by atomic mass is 32.2. The van der Waals surface area contributed by atoms with E-state index in [4.69, 9.17) is 4.18 Å². The van der Waals surface area contributed by atoms with Crippen LogP contribution in [0.2, 0.25) is 0 Å². The summed E-state index contributed by atoms with van der Waals surface area (Å²) in [5.74, 6) is -0.291. The van der Waals surface area contributed by atoms with E-state index < -0.39 is 16.2 Å². The van der Waals surface area contributed by atoms with Crippen LogP contribution < -0.4 is 4.72 Å². The molecule has 14 heavy (non-hydrogen) atoms. The molecule has 0 aliphatic carbocycles. The van der Waals surface area contributed by atoms with Crippen molar-refractivity contribution in [1.29, 1.82) is 0 Å². The Kier molecular flexibility index (Phi) is 3.15. The normalized spacial score (nSPS) is 20.3. The van der Waals surface area contributed by atoms with Gasteiger partial charge in [-0.2, -0.15) is 8.42 Å². The summed E-state index contributed by atoms with van der Waals surface area (Å²) in [7, 11) is -3.90. The van der Waals surface area contributed by atoms with Crippen molar-refractivity contribution >= 4 is 16.2 Å². The number of hydrogen-bond acceptors (Lipinski definition) is 4. The number of carbonyl (C=O) groups is 1. The molecule has 0 atom stereocenters. The minimum atomic E-state index is -3.90. The van der Waals surface area contributed by atoms with Crippen LogP contribution in [0.5, 0.6) is 0 Å². The van der Waals surface area contributed by atoms with Crippen LogP contribution in [-0.2, 0) is 19.3 Å². The van der Waals surface area contributed by atoms with Gasteiger partial charge in [0.2, 0.25) is 0 Å². The Balaban J connectivity index is 3.07. The second-order valence-corrected chi connectivity index (χ2v) is 4.25. The molecule has 1 aliphatic heterocycles. The van der Waals surface area contributed by atoms with Gasteiger partial charge in [-0.15, -0.1) is 0 Å². The second-order valence-electron chi connectivity index (χ2n) is 2.97. The number of nitrogens with one attached hydrogen (secondary N) is 1. The Labute approximate surface area is 83.4 Å². The van der Waals surface area contributed by atoms with Gasteiger partial charge >= 0.3 is 10.3 Å². The zero-order valence-electron chi connectivity index (χ0n) is 8.16. The molecule has 0 aromatic carbocycles. The highest BCUT2D eigenvalue weighted by Gasteiger charge is 2.29. The molecule has 0 spiro atoms. The van der Waals surface area contributed by atoms with E-state index in [1.165, 1.54) is 0 Å². The molecule has 1 amide bonds. The lowest BCUT2D eigenvalue weighted by Crippen LogP contribution is -2.38. The number of carbonyl (C=O) groups excluding carboxylic acids is 1. The number of rotatable bonds is 3. The molecule has 1 heterocycles. The van der Waals surface area contributed by atoms with Crippen molar-refractivity contribution in [3.8, 4) is 0 Å². The molecule has 0 fully saturated rings. The summed E-state index contributed by atoms with van der Waals surface area (Å²) in [6, 6.07) is 0. The first-order valence-electron chi connectivity index (χ1n) is 4.48. The maximum Gasteiger partial charge on any atom is 0.409 e. The fourth-order valence-corrected chi connectivity index (χ4v) is 2.12. The van der Waals surface area contributed by atoms with Crippen molar-refractivity contribution in [3.05, 3.63) is 11.3 Å². The number of allylic oxidation sites excluding steroid dienone is 1. The fourth-order valence-electron chi connectivity index (χ4n) is 1.28. The quantitative estimate of drug-likeness (QED) is 0.763. The molecule has 5 nitrogen and oxygen atoms in total. The minimum Gasteiger partial charge on any atom is -0.371 e. The predicted molar refractivity (Wildman–Crippen MR) is 50.4 cm³/mol. The van der Waals surface area contributed by atoms with Crippen molar-refractivity contribution in [2.75, 3.05) is 0 Å². The van der Waals surface area contributed by atoms with Crippen molar-refractivity contribution in [2.24, 2.45) is 0 Å². The smallest absolute Gasteiger partial charge is 0.371 e. The Bertz CT molecular complexity index is 369. The molecule has 1 rings (SSSR count). The highest BCUT2D eigenvalue weighted by molar-refractivity contribution is 7.85. The lowest BCUT2D eigenvalue weighted by Gasteiger charge is -2.19. The zero-order valence-corrected chi connectivity index (χ0v) is 8.98. The summed E-state index contributed by atoms with van der Waals surface area (Å²) in [6.07, 6.45) is 1.67. The van der Waals surface area contributed by atoms with Crippen LogP contribution >= 0.6 is 0 Å². The summed E-state index contributed by atoms with van der Waals surface area (Å²) >= 11 is 0. The van der Waals surface area contributed by atoms with E-state index in [0.29, 0.717) is 18.4 Å². The van der Waals surface area contributed by atoms with Gasteiger partial charge < -0.3 is 4.18 Å². The molecule has 80 valence electrons. The van der Waals surface area contributed by atoms with Crippen LogP contribution in [0.25, 0.3) is 0 Å². The van der Waals surface area contributed by atoms with Gasteiger partial charge in [0.05, 0.1) is 5.57 Å². The Morgan fingerprint density at radius 2 is 2.00 bits per heavy atom. The van der Waals surface area contributed by atoms with E-state index in [1.807, 2.05) is 6.92 Å². The maximum atomic E-state index is 11.3. The van der Waals surface area contributed by atoms with Crippen molar-refractivity contribution in [1.82, 2.24) is 4.72 Å². The first kappa shape index (κ1) is 11.0. The molecule has 0 unspecified atom stereocenters. The van der Waals surface area contributed by atoms with E-state index in [-0.39, 0.29) is 5.76 Å². The molecule has 6 heteroatoms. The monoisotopic (exact) mass is 219 g/mol. The summed E-state index contributed by atoms with van der Waals surface area (Å²) in [5, 5.41) is 0. The van der Waals surface area contributed by atoms with E-state index in [9.17, 15) is 13.2 Å². The molecule has 0 aromatic rings. The van der Waals surface area contributed by atoms with Gasteiger partial charge in [0.15, 0.2) is 0 Å². The van der Waals surface area contributed by atoms with Crippen LogP contribution in [0.15, 0.2) is 11.3 Å². The van der Waals surface area contributed by atoms with E-state index >= 15 is 0 Å². The summed E-state index contributed by atoms with van der Waals surface area (Å²) in [5.41, 5.74) is 0.418. The average Bonchev–Trinajstić information content (AvgIpc) is 2.02. The number of hydrogen-bond donors (Lipinski definition) is 1. The molecule has 1 N–H and O–H groups in total. The van der Waals surface area contributed by atoms with E-state index in [1.54, 1.807) is 11.6 Å². The molecule has 0 bridgehead atoms. The van der Waals surface area contributed by atoms with Crippen LogP contribution in [0.4, 0.5) is 0 Å². The number of amides is 1. The molecule has 0 saturated carbocycles. The third-order valence-corrected chi connectivity index (χ3v) is 2.73. The fraction of sp³-hybridized carbons (Fsp3) is 0.625. The summed E-state index contributed by atoms with van der Waals surface area (Å²) < 4.78 is 28.5. The third kappa shape index (κ3) is 2.25. The van der Waals surface area contributed by atoms with E-state index in [0.717, 1.165) is 6.42 Å². The predicted octanol–water partition coefficient (Wildman–Crippen LogP) is 0.842. The Morgan fingerprint density at radius 1 is 1.36 bits per heavy atom. The molecular weight excluding hydrogens is 206 g/mol. The standard InChI is InChI=1S/C8H13NO4S/c1-3-5-7-6(4-2)8(10)9-14(11,12)13-7/h3-5H2,1-2H3,(H,9,10). The molecule has 0 saturated heterocycles. The zero-order chi connectivity index (χ0) is 10.8. The second kappa shape index (κ2) is 4.00. The SMILES string of the molecule is CCCC1=C(CC)C(=O)NS(=O)(=O)O1. The first-order valence-corrected chi connectivity index (χ1v) is 5.89. The van der Waals surface area contributed by atoms with Gasteiger partial charge in [-0.05, 0) is 12.8 Å². The van der Waals surface area contributed by atoms with Crippen molar-refractivity contribution < 1.29 is 17.4 Å². The Hall–Kier alpha value is -1.04. The lowest BCUT2D eigenvalue weighted by atomic mass is 10.1. The van der Waals surface area contributed by atoms with Crippen LogP contribution in [0.1, 0.15) is 33.1 Å². The Morgan fingerprint density at radius 3 is 2.50 bits per heavy atom. The highest BCUT2D eigenvalue weighted by Crippen LogP contribution is 2.21. The van der Waals surface area contributed by atoms with E-state index in [2.05, 4.69) is 0 Å². The third-order valence-electron chi connectivity index (χ3n) is 1.87. The van der Waals surface area contributed by atoms with Gasteiger partial charge in [0.1, 0.15) is 5.76 Å². The van der Waals surface area contributed by atoms with Gasteiger partial charge in [0, 0.05) is 6.42 Å². The first-order chi connectivity index (χ1) is 6.50. The molecular formula is C8H13NO4S. The van der Waals surface area contributed by atoms with Crippen LogP contribution in [0.3, 0.4) is 0 Å². The molecule has 0 aromatic heterocycles. The topological polar surface area (TPSA) is 72.5 Å². The maximum absolute atomic E-state index is 11.3. The van der Waals surface area contributed by atoms with Gasteiger partial charge in [-0.25, -0.2) is 4.72 Å². The average molecular weight is 219 g/mol. The van der Waals surface area contributed by atoms with Crippen LogP contribution in [-0.4, -0.2) is 14.3 Å². The summed E-state index contributed by atoms with van der Waals surface area (Å²) in [4.78, 5) is 11.3. The minimum absolute atomic E-state index is 0.277. The summed E-state index contributed by atoms with van der Waals surface area (Å²) in [6.45, 7) is 3.68. The van der Waals surface area contributed by atoms with Crippen molar-refractivity contribution in [3.63, 3.8) is 0 Å². The van der Waals surface area contributed by atoms with Gasteiger partial charge in [-0.3, -0.25) is 4.79 Å².